The first-order valence-corrected chi connectivity index (χ1v) is 5.91. The summed E-state index contributed by atoms with van der Waals surface area (Å²) in [6.07, 6.45) is 0. The molecule has 0 aliphatic rings. The maximum atomic E-state index is 11.7. The molecule has 1 aromatic heterocycles. The van der Waals surface area contributed by atoms with Crippen LogP contribution in [0.15, 0.2) is 34.8 Å². The predicted octanol–water partition coefficient (Wildman–Crippen LogP) is 3.48. The lowest BCUT2D eigenvalue weighted by atomic mass is 10.1. The molecule has 0 unspecified atom stereocenters. The molecular weight excluding hydrogens is 244 g/mol. The van der Waals surface area contributed by atoms with Crippen LogP contribution in [0.2, 0.25) is 0 Å². The lowest BCUT2D eigenvalue weighted by Crippen LogP contribution is -2.02. The van der Waals surface area contributed by atoms with Crippen LogP contribution in [0.3, 0.4) is 0 Å². The molecule has 0 saturated carbocycles. The first-order valence-electron chi connectivity index (χ1n) is 5.91. The standard InChI is InChI=1S/C15H16O4/c1-9(2)8-18-11-5-6-13-12(7-11)14(10(3)19-13)15(16)17-4/h5-7H,1,8H2,2-4H3. The smallest absolute Gasteiger partial charge is 0.342 e. The second-order valence-electron chi connectivity index (χ2n) is 4.43. The van der Waals surface area contributed by atoms with Crippen molar-refractivity contribution < 1.29 is 18.7 Å². The highest BCUT2D eigenvalue weighted by atomic mass is 16.5. The van der Waals surface area contributed by atoms with Gasteiger partial charge in [0.25, 0.3) is 0 Å². The molecule has 19 heavy (non-hydrogen) atoms. The summed E-state index contributed by atoms with van der Waals surface area (Å²) in [6.45, 7) is 7.84. The van der Waals surface area contributed by atoms with Crippen LogP contribution in [0, 0.1) is 6.92 Å². The maximum Gasteiger partial charge on any atom is 0.342 e. The van der Waals surface area contributed by atoms with Crippen LogP contribution >= 0.6 is 0 Å². The first-order chi connectivity index (χ1) is 9.02. The molecule has 0 aliphatic heterocycles. The second-order valence-corrected chi connectivity index (χ2v) is 4.43. The van der Waals surface area contributed by atoms with Crippen LogP contribution in [-0.2, 0) is 4.74 Å². The minimum atomic E-state index is -0.409. The average molecular weight is 260 g/mol. The Morgan fingerprint density at radius 2 is 2.16 bits per heavy atom. The number of hydrogen-bond acceptors (Lipinski definition) is 4. The highest BCUT2D eigenvalue weighted by Gasteiger charge is 2.19. The Kier molecular flexibility index (Phi) is 3.60. The van der Waals surface area contributed by atoms with Crippen molar-refractivity contribution in [1.82, 2.24) is 0 Å². The highest BCUT2D eigenvalue weighted by Crippen LogP contribution is 2.29. The van der Waals surface area contributed by atoms with Gasteiger partial charge in [-0.05, 0) is 37.6 Å². The molecular formula is C15H16O4. The van der Waals surface area contributed by atoms with Gasteiger partial charge in [0.2, 0.25) is 0 Å². The Balaban J connectivity index is 2.45. The normalized spacial score (nSPS) is 10.5. The van der Waals surface area contributed by atoms with Crippen molar-refractivity contribution in [2.45, 2.75) is 13.8 Å². The van der Waals surface area contributed by atoms with Gasteiger partial charge in [-0.3, -0.25) is 0 Å². The molecule has 0 aliphatic carbocycles. The van der Waals surface area contributed by atoms with E-state index in [-0.39, 0.29) is 0 Å². The summed E-state index contributed by atoms with van der Waals surface area (Å²) in [4.78, 5) is 11.7. The molecule has 0 fully saturated rings. The number of esters is 1. The van der Waals surface area contributed by atoms with E-state index in [1.165, 1.54) is 7.11 Å². The minimum absolute atomic E-state index is 0.409. The summed E-state index contributed by atoms with van der Waals surface area (Å²) < 4.78 is 15.9. The first kappa shape index (κ1) is 13.2. The van der Waals surface area contributed by atoms with Gasteiger partial charge < -0.3 is 13.9 Å². The Bertz CT molecular complexity index is 637. The van der Waals surface area contributed by atoms with Crippen molar-refractivity contribution in [3.05, 3.63) is 41.7 Å². The van der Waals surface area contributed by atoms with Gasteiger partial charge in [-0.25, -0.2) is 4.79 Å². The lowest BCUT2D eigenvalue weighted by Gasteiger charge is -2.05. The number of hydrogen-bond donors (Lipinski definition) is 0. The number of methoxy groups -OCH3 is 1. The van der Waals surface area contributed by atoms with Crippen molar-refractivity contribution in [3.8, 4) is 5.75 Å². The fourth-order valence-corrected chi connectivity index (χ4v) is 1.85. The number of ether oxygens (including phenoxy) is 2. The molecule has 0 amide bonds. The van der Waals surface area contributed by atoms with Crippen molar-refractivity contribution in [2.75, 3.05) is 13.7 Å². The molecule has 0 bridgehead atoms. The third kappa shape index (κ3) is 2.62. The fourth-order valence-electron chi connectivity index (χ4n) is 1.85. The SMILES string of the molecule is C=C(C)COc1ccc2oc(C)c(C(=O)OC)c2c1. The van der Waals surface area contributed by atoms with E-state index in [1.54, 1.807) is 25.1 Å². The van der Waals surface area contributed by atoms with Crippen molar-refractivity contribution in [2.24, 2.45) is 0 Å². The molecule has 0 spiro atoms. The monoisotopic (exact) mass is 260 g/mol. The Hall–Kier alpha value is -2.23. The highest BCUT2D eigenvalue weighted by molar-refractivity contribution is 6.04. The number of aryl methyl sites for hydroxylation is 1. The number of rotatable bonds is 4. The fraction of sp³-hybridized carbons (Fsp3) is 0.267. The van der Waals surface area contributed by atoms with Crippen LogP contribution < -0.4 is 4.74 Å². The lowest BCUT2D eigenvalue weighted by molar-refractivity contribution is 0.0601. The molecule has 4 heteroatoms. The van der Waals surface area contributed by atoms with Gasteiger partial charge in [0.05, 0.1) is 7.11 Å². The topological polar surface area (TPSA) is 48.7 Å². The molecule has 2 rings (SSSR count). The summed E-state index contributed by atoms with van der Waals surface area (Å²) in [6, 6.07) is 5.36. The van der Waals surface area contributed by atoms with E-state index in [0.717, 1.165) is 5.57 Å². The van der Waals surface area contributed by atoms with Crippen LogP contribution in [0.4, 0.5) is 0 Å². The summed E-state index contributed by atoms with van der Waals surface area (Å²) in [5.74, 6) is 0.800. The summed E-state index contributed by atoms with van der Waals surface area (Å²) in [5, 5.41) is 0.698. The average Bonchev–Trinajstić information content (AvgIpc) is 2.70. The molecule has 0 saturated heterocycles. The van der Waals surface area contributed by atoms with Crippen LogP contribution in [0.1, 0.15) is 23.0 Å². The zero-order valence-corrected chi connectivity index (χ0v) is 11.3. The third-order valence-electron chi connectivity index (χ3n) is 2.71. The third-order valence-corrected chi connectivity index (χ3v) is 2.71. The van der Waals surface area contributed by atoms with Crippen molar-refractivity contribution in [1.29, 1.82) is 0 Å². The van der Waals surface area contributed by atoms with E-state index in [9.17, 15) is 4.79 Å². The number of furan rings is 1. The van der Waals surface area contributed by atoms with E-state index in [1.807, 2.05) is 6.92 Å². The van der Waals surface area contributed by atoms with E-state index in [2.05, 4.69) is 6.58 Å². The van der Waals surface area contributed by atoms with Crippen LogP contribution in [0.5, 0.6) is 5.75 Å². The van der Waals surface area contributed by atoms with Gasteiger partial charge in [-0.2, -0.15) is 0 Å². The minimum Gasteiger partial charge on any atom is -0.489 e. The van der Waals surface area contributed by atoms with Gasteiger partial charge in [-0.1, -0.05) is 6.58 Å². The second kappa shape index (κ2) is 5.18. The van der Waals surface area contributed by atoms with E-state index < -0.39 is 5.97 Å². The quantitative estimate of drug-likeness (QED) is 0.623. The molecule has 100 valence electrons. The number of fused-ring (bicyclic) bond motifs is 1. The van der Waals surface area contributed by atoms with Crippen molar-refractivity contribution in [3.63, 3.8) is 0 Å². The molecule has 1 heterocycles. The van der Waals surface area contributed by atoms with E-state index >= 15 is 0 Å². The Labute approximate surface area is 111 Å². The van der Waals surface area contributed by atoms with Gasteiger partial charge in [-0.15, -0.1) is 0 Å². The number of carbonyl (C=O) groups excluding carboxylic acids is 1. The number of carbonyl (C=O) groups is 1. The van der Waals surface area contributed by atoms with Gasteiger partial charge in [0.1, 0.15) is 29.3 Å². The van der Waals surface area contributed by atoms with Crippen LogP contribution in [-0.4, -0.2) is 19.7 Å². The zero-order valence-electron chi connectivity index (χ0n) is 11.3. The summed E-state index contributed by atoms with van der Waals surface area (Å²) >= 11 is 0. The van der Waals surface area contributed by atoms with E-state index in [0.29, 0.717) is 34.6 Å². The molecule has 1 aromatic carbocycles. The summed E-state index contributed by atoms with van der Waals surface area (Å²) in [7, 11) is 1.35. The summed E-state index contributed by atoms with van der Waals surface area (Å²) in [5.41, 5.74) is 2.01. The maximum absolute atomic E-state index is 11.7. The predicted molar refractivity (Wildman–Crippen MR) is 72.6 cm³/mol. The molecule has 0 radical (unpaired) electrons. The Morgan fingerprint density at radius 3 is 2.79 bits per heavy atom. The largest absolute Gasteiger partial charge is 0.489 e. The molecule has 0 atom stereocenters. The number of benzene rings is 1. The van der Waals surface area contributed by atoms with Gasteiger partial charge >= 0.3 is 5.97 Å². The van der Waals surface area contributed by atoms with Gasteiger partial charge in [0, 0.05) is 5.39 Å². The molecule has 2 aromatic rings. The van der Waals surface area contributed by atoms with Crippen molar-refractivity contribution >= 4 is 16.9 Å². The van der Waals surface area contributed by atoms with Crippen LogP contribution in [0.25, 0.3) is 11.0 Å². The molecule has 0 N–H and O–H groups in total. The van der Waals surface area contributed by atoms with Gasteiger partial charge in [0.15, 0.2) is 0 Å². The zero-order chi connectivity index (χ0) is 14.0. The Morgan fingerprint density at radius 1 is 1.42 bits per heavy atom. The van der Waals surface area contributed by atoms with E-state index in [4.69, 9.17) is 13.9 Å². The molecule has 4 nitrogen and oxygen atoms in total.